The van der Waals surface area contributed by atoms with Gasteiger partial charge < -0.3 is 20.7 Å². The third-order valence-corrected chi connectivity index (χ3v) is 11.6. The summed E-state index contributed by atoms with van der Waals surface area (Å²) in [5, 5.41) is 12.5. The van der Waals surface area contributed by atoms with Gasteiger partial charge in [-0.3, -0.25) is 4.74 Å². The summed E-state index contributed by atoms with van der Waals surface area (Å²) in [5.41, 5.74) is 0.0759. The first-order valence-corrected chi connectivity index (χ1v) is 17.4. The average Bonchev–Trinajstić information content (AvgIpc) is 3.04. The smallest absolute Gasteiger partial charge is 0.409 e. The predicted octanol–water partition coefficient (Wildman–Crippen LogP) is 7.18. The molecule has 46 heavy (non-hydrogen) atoms. The van der Waals surface area contributed by atoms with Crippen LogP contribution in [0.5, 0.6) is 0 Å². The summed E-state index contributed by atoms with van der Waals surface area (Å²) >= 11 is 0. The van der Waals surface area contributed by atoms with Crippen molar-refractivity contribution in [3.63, 3.8) is 0 Å². The Kier molecular flexibility index (Phi) is 11.5. The van der Waals surface area contributed by atoms with Crippen LogP contribution in [-0.4, -0.2) is 30.9 Å². The summed E-state index contributed by atoms with van der Waals surface area (Å²) in [5.74, 6) is 0. The number of ether oxygens (including phenoxy) is 1. The Morgan fingerprint density at radius 2 is 1.07 bits per heavy atom. The largest absolute Gasteiger partial charge is 0.445 e. The van der Waals surface area contributed by atoms with Crippen molar-refractivity contribution in [2.24, 2.45) is 15.6 Å². The van der Waals surface area contributed by atoms with E-state index in [1.807, 2.05) is 69.3 Å². The Balaban J connectivity index is 1.61. The molecule has 0 bridgehead atoms. The highest BCUT2D eigenvalue weighted by atomic mass is 31.2. The van der Waals surface area contributed by atoms with Crippen molar-refractivity contribution < 1.29 is 14.3 Å². The summed E-state index contributed by atoms with van der Waals surface area (Å²) in [6, 6.07) is 40.1. The average molecular weight is 639 g/mol. The van der Waals surface area contributed by atoms with E-state index in [4.69, 9.17) is 9.48 Å². The molecule has 4 rings (SSSR count). The lowest BCUT2D eigenvalue weighted by Gasteiger charge is -2.35. The molecule has 0 aromatic heterocycles. The third-order valence-electron chi connectivity index (χ3n) is 7.83. The van der Waals surface area contributed by atoms with Gasteiger partial charge in [0.25, 0.3) is 0 Å². The van der Waals surface area contributed by atoms with E-state index in [1.165, 1.54) is 0 Å². The normalized spacial score (nSPS) is 13.2. The number of nitrogens with zero attached hydrogens (tertiary/aromatic N) is 1. The van der Waals surface area contributed by atoms with Gasteiger partial charge in [-0.2, -0.15) is 0 Å². The Morgan fingerprint density at radius 3 is 1.48 bits per heavy atom. The molecule has 0 heterocycles. The Morgan fingerprint density at radius 1 is 0.630 bits per heavy atom. The Bertz CT molecular complexity index is 1500. The molecule has 242 valence electrons. The highest BCUT2D eigenvalue weighted by Gasteiger charge is 2.33. The number of urea groups is 1. The van der Waals surface area contributed by atoms with E-state index < -0.39 is 24.7 Å². The maximum atomic E-state index is 13.6. The summed E-state index contributed by atoms with van der Waals surface area (Å²) in [6.07, 6.45) is -1.28. The molecule has 0 spiro atoms. The highest BCUT2D eigenvalue weighted by Crippen LogP contribution is 2.46. The minimum Gasteiger partial charge on any atom is -0.445 e. The van der Waals surface area contributed by atoms with E-state index >= 15 is 0 Å². The maximum Gasteiger partial charge on any atom is 0.409 e. The second kappa shape index (κ2) is 15.3. The van der Waals surface area contributed by atoms with E-state index in [1.54, 1.807) is 0 Å². The van der Waals surface area contributed by atoms with Crippen LogP contribution in [0.25, 0.3) is 0 Å². The lowest BCUT2D eigenvalue weighted by Crippen LogP contribution is -2.59. The first kappa shape index (κ1) is 34.5. The predicted molar refractivity (Wildman–Crippen MR) is 190 cm³/mol. The summed E-state index contributed by atoms with van der Waals surface area (Å²) in [6.45, 7) is 12.7. The molecule has 7 nitrogen and oxygen atoms in total. The van der Waals surface area contributed by atoms with Crippen LogP contribution in [0.15, 0.2) is 126 Å². The second-order valence-corrected chi connectivity index (χ2v) is 16.6. The maximum absolute atomic E-state index is 13.6. The zero-order valence-corrected chi connectivity index (χ0v) is 28.6. The third kappa shape index (κ3) is 9.11. The van der Waals surface area contributed by atoms with E-state index in [0.717, 1.165) is 21.5 Å². The molecule has 3 amide bonds. The molecule has 3 N–H and O–H groups in total. The van der Waals surface area contributed by atoms with Gasteiger partial charge in [-0.25, -0.2) is 9.59 Å². The molecular formula is C38H47N4O3P. The van der Waals surface area contributed by atoms with Crippen LogP contribution in [0.4, 0.5) is 9.59 Å². The molecule has 0 aliphatic rings. The van der Waals surface area contributed by atoms with Crippen molar-refractivity contribution in [3.8, 4) is 0 Å². The molecule has 0 unspecified atom stereocenters. The van der Waals surface area contributed by atoms with Crippen LogP contribution in [-0.2, 0) is 11.3 Å². The van der Waals surface area contributed by atoms with Crippen molar-refractivity contribution in [1.82, 2.24) is 16.0 Å². The quantitative estimate of drug-likeness (QED) is 0.127. The molecule has 0 aliphatic heterocycles. The fraction of sp³-hybridized carbons (Fsp3) is 0.316. The number of rotatable bonds is 10. The second-order valence-electron chi connectivity index (χ2n) is 13.5. The van der Waals surface area contributed by atoms with Crippen LogP contribution in [0, 0.1) is 10.8 Å². The van der Waals surface area contributed by atoms with Gasteiger partial charge in [0, 0.05) is 21.3 Å². The van der Waals surface area contributed by atoms with Gasteiger partial charge in [0.15, 0.2) is 0 Å². The van der Waals surface area contributed by atoms with Gasteiger partial charge >= 0.3 is 12.1 Å². The number of carbonyl (C=O) groups is 2. The molecule has 0 saturated carbocycles. The number of hydrogen-bond acceptors (Lipinski definition) is 4. The van der Waals surface area contributed by atoms with Crippen molar-refractivity contribution >= 4 is 35.1 Å². The molecular weight excluding hydrogens is 591 g/mol. The lowest BCUT2D eigenvalue weighted by molar-refractivity contribution is 0.121. The topological polar surface area (TPSA) is 91.8 Å². The van der Waals surface area contributed by atoms with Crippen LogP contribution < -0.4 is 31.9 Å². The van der Waals surface area contributed by atoms with E-state index in [0.29, 0.717) is 6.54 Å². The molecule has 0 radical (unpaired) electrons. The van der Waals surface area contributed by atoms with Gasteiger partial charge in [0.05, 0.1) is 19.6 Å². The van der Waals surface area contributed by atoms with Gasteiger partial charge in [0.1, 0.15) is 12.8 Å². The van der Waals surface area contributed by atoms with Gasteiger partial charge in [-0.15, -0.1) is 0 Å². The fourth-order valence-electron chi connectivity index (χ4n) is 5.05. The molecule has 8 heteroatoms. The highest BCUT2D eigenvalue weighted by molar-refractivity contribution is 7.87. The van der Waals surface area contributed by atoms with Crippen LogP contribution in [0.3, 0.4) is 0 Å². The molecule has 4 aromatic rings. The zero-order chi connectivity index (χ0) is 33.2. The lowest BCUT2D eigenvalue weighted by atomic mass is 9.87. The number of benzene rings is 4. The molecule has 0 saturated heterocycles. The zero-order valence-electron chi connectivity index (χ0n) is 27.7. The van der Waals surface area contributed by atoms with Crippen LogP contribution in [0.1, 0.15) is 47.1 Å². The van der Waals surface area contributed by atoms with Gasteiger partial charge in [-0.05, 0) is 11.0 Å². The van der Waals surface area contributed by atoms with Crippen molar-refractivity contribution in [1.29, 1.82) is 0 Å². The number of hydrogen-bond donors (Lipinski definition) is 3. The molecule has 0 fully saturated rings. The number of amides is 3. The number of alkyl carbamates (subject to hydrolysis) is 1. The van der Waals surface area contributed by atoms with E-state index in [-0.39, 0.29) is 24.1 Å². The van der Waals surface area contributed by atoms with Gasteiger partial charge in [-0.1, -0.05) is 163 Å². The van der Waals surface area contributed by atoms with Crippen LogP contribution in [0.2, 0.25) is 0 Å². The Hall–Kier alpha value is -4.35. The van der Waals surface area contributed by atoms with Crippen molar-refractivity contribution in [2.45, 2.75) is 60.4 Å². The minimum absolute atomic E-state index is 0.137. The SMILES string of the molecule is CC(C)(C)[C@@H](NC(=O)N[C@H](CN=P(c1ccccc1)(c1ccccc1)c1ccccc1)C(C)(C)C)NC(=O)OCc1ccccc1. The molecule has 4 aromatic carbocycles. The summed E-state index contributed by atoms with van der Waals surface area (Å²) < 4.78 is 11.0. The number of nitrogens with one attached hydrogen (secondary N) is 3. The summed E-state index contributed by atoms with van der Waals surface area (Å²) in [7, 11) is -2.45. The fourth-order valence-corrected chi connectivity index (χ4v) is 8.65. The van der Waals surface area contributed by atoms with E-state index in [9.17, 15) is 9.59 Å². The van der Waals surface area contributed by atoms with Gasteiger partial charge in [0.2, 0.25) is 0 Å². The minimum atomic E-state index is -2.45. The van der Waals surface area contributed by atoms with Crippen LogP contribution >= 0.6 is 7.05 Å². The summed E-state index contributed by atoms with van der Waals surface area (Å²) in [4.78, 5) is 26.3. The Labute approximate surface area is 274 Å². The van der Waals surface area contributed by atoms with Crippen molar-refractivity contribution in [3.05, 3.63) is 127 Å². The molecule has 0 aliphatic carbocycles. The van der Waals surface area contributed by atoms with E-state index in [2.05, 4.69) is 110 Å². The first-order chi connectivity index (χ1) is 21.9. The molecule has 2 atom stereocenters. The monoisotopic (exact) mass is 638 g/mol. The standard InChI is InChI=1S/C38H47N4O3P/c1-37(2,3)33(40-35(43)41-34(38(4,5)6)42-36(44)45-28-29-19-11-7-12-20-29)27-39-46(30-21-13-8-14-22-30,31-23-15-9-16-24-31)32-25-17-10-18-26-32/h7-26,33-34H,27-28H2,1-6H3,(H,42,44)(H2,40,41,43)/t33-,34+/m1/s1. The number of carbonyl (C=O) groups excluding carboxylic acids is 2. The van der Waals surface area contributed by atoms with Crippen molar-refractivity contribution in [2.75, 3.05) is 6.54 Å². The first-order valence-electron chi connectivity index (χ1n) is 15.7.